The van der Waals surface area contributed by atoms with Crippen molar-refractivity contribution in [3.8, 4) is 17.2 Å². The van der Waals surface area contributed by atoms with E-state index in [1.807, 2.05) is 42.5 Å². The molecule has 23 heavy (non-hydrogen) atoms. The molecule has 0 bridgehead atoms. The highest BCUT2D eigenvalue weighted by Crippen LogP contribution is 2.36. The molecular formula is C19H16N2O2. The molecule has 0 saturated heterocycles. The zero-order valence-electron chi connectivity index (χ0n) is 12.5. The van der Waals surface area contributed by atoms with Crippen molar-refractivity contribution in [3.63, 3.8) is 0 Å². The first kappa shape index (κ1) is 14.9. The number of allylic oxidation sites excluding steroid dienone is 1. The number of hydrogen-bond acceptors (Lipinski definition) is 3. The average molecular weight is 304 g/mol. The second-order valence-electron chi connectivity index (χ2n) is 5.54. The first-order chi connectivity index (χ1) is 11.2. The molecule has 1 saturated carbocycles. The molecule has 0 radical (unpaired) electrons. The minimum atomic E-state index is -0.565. The van der Waals surface area contributed by atoms with Gasteiger partial charge in [0.25, 0.3) is 5.91 Å². The molecule has 0 spiro atoms. The monoisotopic (exact) mass is 304 g/mol. The molecule has 4 nitrogen and oxygen atoms in total. The second kappa shape index (κ2) is 6.37. The number of aliphatic hydroxyl groups is 1. The Balaban J connectivity index is 1.75. The number of carbonyl (C=O) groups excluding carboxylic acids is 1. The highest BCUT2D eigenvalue weighted by atomic mass is 16.3. The van der Waals surface area contributed by atoms with Crippen LogP contribution in [-0.2, 0) is 4.79 Å². The van der Waals surface area contributed by atoms with Crippen LogP contribution < -0.4 is 5.32 Å². The van der Waals surface area contributed by atoms with Crippen LogP contribution in [0.1, 0.15) is 12.8 Å². The fourth-order valence-corrected chi connectivity index (χ4v) is 2.36. The Morgan fingerprint density at radius 2 is 1.65 bits per heavy atom. The summed E-state index contributed by atoms with van der Waals surface area (Å²) in [5.74, 6) is -0.689. The van der Waals surface area contributed by atoms with Crippen molar-refractivity contribution in [3.05, 3.63) is 65.9 Å². The summed E-state index contributed by atoms with van der Waals surface area (Å²) in [5, 5.41) is 21.6. The van der Waals surface area contributed by atoms with Crippen LogP contribution in [0.3, 0.4) is 0 Å². The number of anilines is 1. The van der Waals surface area contributed by atoms with Gasteiger partial charge in [0.1, 0.15) is 11.8 Å². The minimum absolute atomic E-state index is 0.0316. The average Bonchev–Trinajstić information content (AvgIpc) is 3.42. The van der Waals surface area contributed by atoms with E-state index >= 15 is 0 Å². The van der Waals surface area contributed by atoms with Gasteiger partial charge < -0.3 is 10.4 Å². The Kier molecular flexibility index (Phi) is 4.11. The van der Waals surface area contributed by atoms with E-state index in [4.69, 9.17) is 5.26 Å². The van der Waals surface area contributed by atoms with E-state index in [9.17, 15) is 9.90 Å². The third-order valence-corrected chi connectivity index (χ3v) is 3.81. The number of nitriles is 1. The molecule has 0 heterocycles. The van der Waals surface area contributed by atoms with Gasteiger partial charge in [0.05, 0.1) is 0 Å². The largest absolute Gasteiger partial charge is 0.510 e. The molecule has 2 N–H and O–H groups in total. The zero-order valence-corrected chi connectivity index (χ0v) is 12.5. The van der Waals surface area contributed by atoms with Crippen molar-refractivity contribution in [2.75, 3.05) is 5.32 Å². The van der Waals surface area contributed by atoms with Gasteiger partial charge in [0, 0.05) is 11.6 Å². The zero-order chi connectivity index (χ0) is 16.2. The van der Waals surface area contributed by atoms with Gasteiger partial charge in [-0.15, -0.1) is 0 Å². The van der Waals surface area contributed by atoms with E-state index in [2.05, 4.69) is 5.32 Å². The maximum atomic E-state index is 12.1. The smallest absolute Gasteiger partial charge is 0.269 e. The fourth-order valence-electron chi connectivity index (χ4n) is 2.36. The molecular weight excluding hydrogens is 288 g/mol. The third-order valence-electron chi connectivity index (χ3n) is 3.81. The Morgan fingerprint density at radius 3 is 2.22 bits per heavy atom. The minimum Gasteiger partial charge on any atom is -0.510 e. The number of nitrogens with zero attached hydrogens (tertiary/aromatic N) is 1. The van der Waals surface area contributed by atoms with Gasteiger partial charge in [-0.05, 0) is 36.1 Å². The normalized spacial score (nSPS) is 14.6. The molecule has 1 aliphatic carbocycles. The Bertz CT molecular complexity index is 782. The van der Waals surface area contributed by atoms with Crippen LogP contribution in [-0.4, -0.2) is 11.0 Å². The molecule has 1 amide bonds. The molecule has 4 heteroatoms. The van der Waals surface area contributed by atoms with E-state index in [-0.39, 0.29) is 17.3 Å². The van der Waals surface area contributed by atoms with Crippen molar-refractivity contribution < 1.29 is 9.90 Å². The summed E-state index contributed by atoms with van der Waals surface area (Å²) in [4.78, 5) is 12.1. The number of benzene rings is 2. The van der Waals surface area contributed by atoms with Gasteiger partial charge in [-0.25, -0.2) is 0 Å². The van der Waals surface area contributed by atoms with Crippen LogP contribution in [0, 0.1) is 17.2 Å². The first-order valence-electron chi connectivity index (χ1n) is 7.49. The summed E-state index contributed by atoms with van der Waals surface area (Å²) in [5.41, 5.74) is 2.53. The van der Waals surface area contributed by atoms with Crippen LogP contribution in [0.4, 0.5) is 5.69 Å². The van der Waals surface area contributed by atoms with E-state index in [1.165, 1.54) is 0 Å². The predicted octanol–water partition coefficient (Wildman–Crippen LogP) is 4.04. The quantitative estimate of drug-likeness (QED) is 0.508. The molecule has 0 unspecified atom stereocenters. The van der Waals surface area contributed by atoms with Crippen molar-refractivity contribution in [1.29, 1.82) is 5.26 Å². The fraction of sp³-hybridized carbons (Fsp3) is 0.158. The summed E-state index contributed by atoms with van der Waals surface area (Å²) in [6.07, 6.45) is 1.66. The van der Waals surface area contributed by atoms with Gasteiger partial charge in [-0.1, -0.05) is 42.5 Å². The van der Waals surface area contributed by atoms with Gasteiger partial charge >= 0.3 is 0 Å². The van der Waals surface area contributed by atoms with E-state index in [0.717, 1.165) is 24.0 Å². The summed E-state index contributed by atoms with van der Waals surface area (Å²) in [7, 11) is 0. The standard InChI is InChI=1S/C19H16N2O2/c20-12-17(18(22)15-6-7-15)19(23)21-16-10-8-14(9-11-16)13-4-2-1-3-5-13/h1-5,8-11,15,22H,6-7H2,(H,21,23)/b18-17-. The highest BCUT2D eigenvalue weighted by molar-refractivity contribution is 6.07. The first-order valence-corrected chi connectivity index (χ1v) is 7.49. The number of rotatable bonds is 4. The number of amides is 1. The van der Waals surface area contributed by atoms with Gasteiger partial charge in [-0.3, -0.25) is 4.79 Å². The van der Waals surface area contributed by atoms with E-state index in [0.29, 0.717) is 5.69 Å². The predicted molar refractivity (Wildman–Crippen MR) is 88.5 cm³/mol. The number of carbonyl (C=O) groups is 1. The lowest BCUT2D eigenvalue weighted by molar-refractivity contribution is -0.112. The topological polar surface area (TPSA) is 73.1 Å². The number of aliphatic hydroxyl groups excluding tert-OH is 1. The lowest BCUT2D eigenvalue weighted by Gasteiger charge is -2.07. The Labute approximate surface area is 134 Å². The third kappa shape index (κ3) is 3.41. The molecule has 114 valence electrons. The Morgan fingerprint density at radius 1 is 1.04 bits per heavy atom. The summed E-state index contributed by atoms with van der Waals surface area (Å²) in [6.45, 7) is 0. The van der Waals surface area contributed by atoms with Gasteiger partial charge in [0.15, 0.2) is 5.57 Å². The molecule has 3 rings (SSSR count). The van der Waals surface area contributed by atoms with Crippen LogP contribution in [0.5, 0.6) is 0 Å². The van der Waals surface area contributed by atoms with Crippen LogP contribution in [0.2, 0.25) is 0 Å². The molecule has 1 aliphatic rings. The van der Waals surface area contributed by atoms with E-state index in [1.54, 1.807) is 18.2 Å². The molecule has 2 aromatic carbocycles. The summed E-state index contributed by atoms with van der Waals surface area (Å²) >= 11 is 0. The van der Waals surface area contributed by atoms with Gasteiger partial charge in [-0.2, -0.15) is 5.26 Å². The molecule has 0 atom stereocenters. The van der Waals surface area contributed by atoms with Crippen LogP contribution in [0.25, 0.3) is 11.1 Å². The summed E-state index contributed by atoms with van der Waals surface area (Å²) < 4.78 is 0. The summed E-state index contributed by atoms with van der Waals surface area (Å²) in [6, 6.07) is 19.1. The maximum Gasteiger partial charge on any atom is 0.269 e. The highest BCUT2D eigenvalue weighted by Gasteiger charge is 2.30. The van der Waals surface area contributed by atoms with Crippen molar-refractivity contribution in [1.82, 2.24) is 0 Å². The van der Waals surface area contributed by atoms with Crippen LogP contribution in [0.15, 0.2) is 65.9 Å². The Hall–Kier alpha value is -3.06. The van der Waals surface area contributed by atoms with Crippen molar-refractivity contribution >= 4 is 11.6 Å². The van der Waals surface area contributed by atoms with E-state index < -0.39 is 5.91 Å². The molecule has 1 fully saturated rings. The lowest BCUT2D eigenvalue weighted by atomic mass is 10.1. The number of hydrogen-bond donors (Lipinski definition) is 2. The SMILES string of the molecule is N#C/C(C(=O)Nc1ccc(-c2ccccc2)cc1)=C(/O)C1CC1. The van der Waals surface area contributed by atoms with Crippen molar-refractivity contribution in [2.45, 2.75) is 12.8 Å². The number of nitrogens with one attached hydrogen (secondary N) is 1. The van der Waals surface area contributed by atoms with Gasteiger partial charge in [0.2, 0.25) is 0 Å². The molecule has 0 aliphatic heterocycles. The van der Waals surface area contributed by atoms with Crippen molar-refractivity contribution in [2.24, 2.45) is 5.92 Å². The lowest BCUT2D eigenvalue weighted by Crippen LogP contribution is -2.15. The molecule has 2 aromatic rings. The molecule has 0 aromatic heterocycles. The second-order valence-corrected chi connectivity index (χ2v) is 5.54. The maximum absolute atomic E-state index is 12.1. The van der Waals surface area contributed by atoms with Crippen LogP contribution >= 0.6 is 0 Å².